The van der Waals surface area contributed by atoms with Crippen LogP contribution in [0.25, 0.3) is 11.0 Å². The molecule has 1 fully saturated rings. The van der Waals surface area contributed by atoms with E-state index in [4.69, 9.17) is 16.6 Å². The molecule has 4 nitrogen and oxygen atoms in total. The lowest BCUT2D eigenvalue weighted by molar-refractivity contribution is 0.0704. The van der Waals surface area contributed by atoms with Crippen LogP contribution in [0.3, 0.4) is 0 Å². The van der Waals surface area contributed by atoms with Crippen LogP contribution in [0.2, 0.25) is 5.02 Å². The molecule has 0 atom stereocenters. The van der Waals surface area contributed by atoms with Crippen LogP contribution in [0.4, 0.5) is 13.2 Å². The number of halogens is 4. The van der Waals surface area contributed by atoms with Crippen LogP contribution < -0.4 is 0 Å². The van der Waals surface area contributed by atoms with E-state index in [0.717, 1.165) is 42.8 Å². The van der Waals surface area contributed by atoms with Crippen LogP contribution in [0.15, 0.2) is 30.3 Å². The maximum atomic E-state index is 14.4. The minimum Gasteiger partial charge on any atom is -0.331 e. The number of aromatic nitrogens is 2. The highest BCUT2D eigenvalue weighted by Gasteiger charge is 2.29. The molecule has 1 aliphatic carbocycles. The second-order valence-electron chi connectivity index (χ2n) is 8.77. The Morgan fingerprint density at radius 3 is 2.53 bits per heavy atom. The van der Waals surface area contributed by atoms with Gasteiger partial charge in [-0.3, -0.25) is 4.79 Å². The molecule has 1 amide bonds. The second-order valence-corrected chi connectivity index (χ2v) is 9.20. The predicted molar refractivity (Wildman–Crippen MR) is 118 cm³/mol. The highest BCUT2D eigenvalue weighted by molar-refractivity contribution is 6.31. The summed E-state index contributed by atoms with van der Waals surface area (Å²) in [6, 6.07) is 7.10. The number of carbonyl (C=O) groups is 1. The molecule has 32 heavy (non-hydrogen) atoms. The Labute approximate surface area is 190 Å². The van der Waals surface area contributed by atoms with Gasteiger partial charge in [0.2, 0.25) is 0 Å². The third-order valence-corrected chi connectivity index (χ3v) is 6.11. The Kier molecular flexibility index (Phi) is 6.47. The van der Waals surface area contributed by atoms with Gasteiger partial charge in [-0.1, -0.05) is 38.3 Å². The minimum absolute atomic E-state index is 0.0254. The second kappa shape index (κ2) is 9.14. The molecule has 0 saturated heterocycles. The van der Waals surface area contributed by atoms with Crippen LogP contribution in [-0.2, 0) is 6.54 Å². The number of benzene rings is 2. The Bertz CT molecular complexity index is 1160. The Balaban J connectivity index is 1.78. The van der Waals surface area contributed by atoms with E-state index in [9.17, 15) is 18.0 Å². The first-order valence-corrected chi connectivity index (χ1v) is 11.2. The summed E-state index contributed by atoms with van der Waals surface area (Å²) in [5, 5.41) is 0.585. The van der Waals surface area contributed by atoms with E-state index in [1.165, 1.54) is 4.90 Å². The third-order valence-electron chi connectivity index (χ3n) is 5.88. The third kappa shape index (κ3) is 4.35. The van der Waals surface area contributed by atoms with E-state index >= 15 is 0 Å². The van der Waals surface area contributed by atoms with Crippen molar-refractivity contribution in [1.82, 2.24) is 14.5 Å². The van der Waals surface area contributed by atoms with E-state index < -0.39 is 28.9 Å². The Morgan fingerprint density at radius 1 is 1.16 bits per heavy atom. The van der Waals surface area contributed by atoms with E-state index in [1.807, 2.05) is 26.0 Å². The maximum absolute atomic E-state index is 14.4. The smallest absolute Gasteiger partial charge is 0.260 e. The van der Waals surface area contributed by atoms with Gasteiger partial charge in [-0.15, -0.1) is 0 Å². The first-order valence-electron chi connectivity index (χ1n) is 10.9. The van der Waals surface area contributed by atoms with Crippen LogP contribution >= 0.6 is 11.6 Å². The number of amides is 1. The van der Waals surface area contributed by atoms with Gasteiger partial charge in [-0.2, -0.15) is 0 Å². The van der Waals surface area contributed by atoms with Crippen molar-refractivity contribution >= 4 is 28.5 Å². The number of fused-ring (bicyclic) bond motifs is 1. The summed E-state index contributed by atoms with van der Waals surface area (Å²) in [7, 11) is 0. The topological polar surface area (TPSA) is 38.1 Å². The zero-order chi connectivity index (χ0) is 23.0. The largest absolute Gasteiger partial charge is 0.331 e. The lowest BCUT2D eigenvalue weighted by Gasteiger charge is -2.26. The maximum Gasteiger partial charge on any atom is 0.260 e. The number of hydrogen-bond acceptors (Lipinski definition) is 2. The van der Waals surface area contributed by atoms with Crippen LogP contribution in [0.1, 0.15) is 61.8 Å². The van der Waals surface area contributed by atoms with Crippen molar-refractivity contribution in [3.05, 3.63) is 64.2 Å². The summed E-state index contributed by atoms with van der Waals surface area (Å²) < 4.78 is 44.6. The van der Waals surface area contributed by atoms with E-state index in [0.29, 0.717) is 16.9 Å². The average Bonchev–Trinajstić information content (AvgIpc) is 3.37. The summed E-state index contributed by atoms with van der Waals surface area (Å²) >= 11 is 6.24. The standard InChI is InChI=1S/C24H25ClF3N3O/c1-14(2)12-30(24(32)22-17(26)8-9-18(27)23(22)28)13-21-29-19-10-7-15(25)11-20(19)31(21)16-5-3-4-6-16/h7-11,14,16H,3-6,12-13H2,1-2H3. The minimum atomic E-state index is -1.47. The summed E-state index contributed by atoms with van der Waals surface area (Å²) in [5.41, 5.74) is 0.744. The number of carbonyl (C=O) groups excluding carboxylic acids is 1. The molecule has 1 heterocycles. The fourth-order valence-corrected chi connectivity index (χ4v) is 4.68. The van der Waals surface area contributed by atoms with Crippen LogP contribution in [-0.4, -0.2) is 26.9 Å². The van der Waals surface area contributed by atoms with Gasteiger partial charge in [0.15, 0.2) is 11.6 Å². The highest BCUT2D eigenvalue weighted by atomic mass is 35.5. The normalized spacial score (nSPS) is 14.6. The predicted octanol–water partition coefficient (Wildman–Crippen LogP) is 6.52. The molecule has 1 aromatic heterocycles. The molecule has 4 rings (SSSR count). The number of imidazole rings is 1. The van der Waals surface area contributed by atoms with Crippen molar-refractivity contribution in [1.29, 1.82) is 0 Å². The van der Waals surface area contributed by atoms with E-state index in [-0.39, 0.29) is 25.0 Å². The molecule has 3 aromatic rings. The lowest BCUT2D eigenvalue weighted by atomic mass is 10.1. The van der Waals surface area contributed by atoms with E-state index in [1.54, 1.807) is 6.07 Å². The Morgan fingerprint density at radius 2 is 1.84 bits per heavy atom. The summed E-state index contributed by atoms with van der Waals surface area (Å²) in [6.45, 7) is 4.09. The van der Waals surface area contributed by atoms with Crippen molar-refractivity contribution in [3.8, 4) is 0 Å². The first-order chi connectivity index (χ1) is 15.3. The van der Waals surface area contributed by atoms with Gasteiger partial charge >= 0.3 is 0 Å². The van der Waals surface area contributed by atoms with Gasteiger partial charge in [-0.25, -0.2) is 18.2 Å². The molecule has 1 saturated carbocycles. The quantitative estimate of drug-likeness (QED) is 0.390. The summed E-state index contributed by atoms with van der Waals surface area (Å²) in [4.78, 5) is 19.3. The zero-order valence-corrected chi connectivity index (χ0v) is 18.8. The fraction of sp³-hybridized carbons (Fsp3) is 0.417. The van der Waals surface area contributed by atoms with Gasteiger partial charge in [0.05, 0.1) is 17.6 Å². The van der Waals surface area contributed by atoms with Crippen molar-refractivity contribution < 1.29 is 18.0 Å². The van der Waals surface area contributed by atoms with Crippen molar-refractivity contribution in [3.63, 3.8) is 0 Å². The molecular weight excluding hydrogens is 439 g/mol. The van der Waals surface area contributed by atoms with Crippen LogP contribution in [0.5, 0.6) is 0 Å². The molecule has 0 aliphatic heterocycles. The molecule has 0 N–H and O–H groups in total. The van der Waals surface area contributed by atoms with Crippen molar-refractivity contribution in [2.75, 3.05) is 6.54 Å². The molecule has 8 heteroatoms. The molecule has 0 radical (unpaired) electrons. The van der Waals surface area contributed by atoms with Gasteiger partial charge in [0, 0.05) is 17.6 Å². The molecule has 0 unspecified atom stereocenters. The van der Waals surface area contributed by atoms with E-state index in [2.05, 4.69) is 4.57 Å². The van der Waals surface area contributed by atoms with Crippen LogP contribution in [0, 0.1) is 23.4 Å². The number of rotatable bonds is 6. The van der Waals surface area contributed by atoms with Gasteiger partial charge in [-0.05, 0) is 49.1 Å². The Hall–Kier alpha value is -2.54. The summed E-state index contributed by atoms with van der Waals surface area (Å²) in [5.74, 6) is -4.06. The number of hydrogen-bond donors (Lipinski definition) is 0. The SMILES string of the molecule is CC(C)CN(Cc1nc2ccc(Cl)cc2n1C1CCCC1)C(=O)c1c(F)ccc(F)c1F. The lowest BCUT2D eigenvalue weighted by Crippen LogP contribution is -2.36. The number of nitrogens with zero attached hydrogens (tertiary/aromatic N) is 3. The summed E-state index contributed by atoms with van der Waals surface area (Å²) in [6.07, 6.45) is 4.16. The van der Waals surface area contributed by atoms with Gasteiger partial charge in [0.1, 0.15) is 17.2 Å². The monoisotopic (exact) mass is 463 g/mol. The zero-order valence-electron chi connectivity index (χ0n) is 18.0. The molecule has 170 valence electrons. The average molecular weight is 464 g/mol. The van der Waals surface area contributed by atoms with Crippen molar-refractivity contribution in [2.24, 2.45) is 5.92 Å². The molecule has 1 aliphatic rings. The van der Waals surface area contributed by atoms with Gasteiger partial charge in [0.25, 0.3) is 5.91 Å². The fourth-order valence-electron chi connectivity index (χ4n) is 4.51. The van der Waals surface area contributed by atoms with Gasteiger partial charge < -0.3 is 9.47 Å². The molecule has 0 bridgehead atoms. The van der Waals surface area contributed by atoms with Crippen molar-refractivity contribution in [2.45, 2.75) is 52.1 Å². The first kappa shape index (κ1) is 22.6. The highest BCUT2D eigenvalue weighted by Crippen LogP contribution is 2.35. The molecule has 2 aromatic carbocycles. The molecular formula is C24H25ClF3N3O. The molecule has 0 spiro atoms.